The van der Waals surface area contributed by atoms with Crippen molar-refractivity contribution in [2.75, 3.05) is 0 Å². The zero-order chi connectivity index (χ0) is 26.0. The number of carbonyl (C=O) groups excluding carboxylic acids is 1. The Morgan fingerprint density at radius 3 is 1.67 bits per heavy atom. The van der Waals surface area contributed by atoms with Crippen LogP contribution in [0.15, 0.2) is 54.3 Å². The van der Waals surface area contributed by atoms with E-state index in [1.165, 1.54) is 16.7 Å². The predicted octanol–water partition coefficient (Wildman–Crippen LogP) is 9.01. The maximum atomic E-state index is 13.8. The van der Waals surface area contributed by atoms with Crippen LogP contribution in [0, 0.1) is 27.7 Å². The summed E-state index contributed by atoms with van der Waals surface area (Å²) in [6, 6.07) is 17.3. The number of aryl methyl sites for hydroxylation is 4. The molecule has 0 saturated carbocycles. The number of Topliss-reactive ketones (excluding diaryl/α,β-unsaturated/α-hetero) is 1. The topological polar surface area (TPSA) is 37.3 Å². The lowest BCUT2D eigenvalue weighted by Crippen LogP contribution is -2.28. The van der Waals surface area contributed by atoms with Gasteiger partial charge < -0.3 is 5.11 Å². The molecule has 1 atom stereocenters. The molecule has 5 rings (SSSR count). The highest BCUT2D eigenvalue weighted by Crippen LogP contribution is 2.52. The highest BCUT2D eigenvalue weighted by molar-refractivity contribution is 6.33. The smallest absolute Gasteiger partial charge is 0.181 e. The van der Waals surface area contributed by atoms with E-state index in [4.69, 9.17) is 0 Å². The molecule has 2 heteroatoms. The van der Waals surface area contributed by atoms with E-state index in [1.54, 1.807) is 0 Å². The van der Waals surface area contributed by atoms with Crippen LogP contribution in [0.3, 0.4) is 0 Å². The van der Waals surface area contributed by atoms with Crippen LogP contribution in [0.25, 0.3) is 27.8 Å². The second-order valence-electron chi connectivity index (χ2n) is 11.3. The van der Waals surface area contributed by atoms with E-state index in [1.807, 2.05) is 0 Å². The fraction of sp³-hybridized carbons (Fsp3) is 0.324. The van der Waals surface area contributed by atoms with E-state index < -0.39 is 5.92 Å². The summed E-state index contributed by atoms with van der Waals surface area (Å²) in [5, 5.41) is 11.4. The predicted molar refractivity (Wildman–Crippen MR) is 151 cm³/mol. The lowest BCUT2D eigenvalue weighted by atomic mass is 9.73. The van der Waals surface area contributed by atoms with Crippen molar-refractivity contribution in [1.29, 1.82) is 0 Å². The van der Waals surface area contributed by atoms with Crippen molar-refractivity contribution in [3.8, 4) is 22.3 Å². The van der Waals surface area contributed by atoms with Crippen LogP contribution in [-0.4, -0.2) is 10.9 Å². The Kier molecular flexibility index (Phi) is 5.82. The summed E-state index contributed by atoms with van der Waals surface area (Å²) in [7, 11) is 0. The van der Waals surface area contributed by atoms with E-state index in [9.17, 15) is 9.90 Å². The molecule has 5 aliphatic rings. The van der Waals surface area contributed by atoms with E-state index in [2.05, 4.69) is 104 Å². The van der Waals surface area contributed by atoms with Crippen molar-refractivity contribution < 1.29 is 9.90 Å². The van der Waals surface area contributed by atoms with E-state index in [0.717, 1.165) is 50.1 Å². The number of carbonyl (C=O) groups is 1. The molecule has 0 fully saturated rings. The summed E-state index contributed by atoms with van der Waals surface area (Å²) in [6.07, 6.45) is 0. The average Bonchev–Trinajstić information content (AvgIpc) is 3.11. The van der Waals surface area contributed by atoms with Gasteiger partial charge in [0, 0.05) is 0 Å². The maximum absolute atomic E-state index is 13.8. The number of aliphatic hydroxyl groups excluding tert-OH is 1. The Morgan fingerprint density at radius 2 is 1.14 bits per heavy atom. The number of rotatable bonds is 4. The van der Waals surface area contributed by atoms with Crippen molar-refractivity contribution >= 4 is 11.4 Å². The van der Waals surface area contributed by atoms with Crippen molar-refractivity contribution in [2.24, 2.45) is 0 Å². The van der Waals surface area contributed by atoms with Crippen LogP contribution < -0.4 is 0 Å². The number of allylic oxidation sites excluding steroid dienone is 2. The first kappa shape index (κ1) is 24.3. The van der Waals surface area contributed by atoms with Crippen molar-refractivity contribution in [2.45, 2.75) is 73.1 Å². The summed E-state index contributed by atoms with van der Waals surface area (Å²) < 4.78 is 0. The third-order valence-electron chi connectivity index (χ3n) is 8.09. The van der Waals surface area contributed by atoms with E-state index in [0.29, 0.717) is 17.4 Å². The molecule has 2 nitrogen and oxygen atoms in total. The SMILES string of the molecule is Cc1cc(C2=C(O)[C@H](c3cc(C)c4cc(C(C)C)ccc(C)c3-4)C2=O)c2c(C)ccc(C(C)C)cc1-2. The Labute approximate surface area is 215 Å². The molecular weight excluding hydrogens is 440 g/mol. The first-order valence-corrected chi connectivity index (χ1v) is 13.1. The largest absolute Gasteiger partial charge is 0.510 e. The molecule has 0 aromatic carbocycles. The third-order valence-corrected chi connectivity index (χ3v) is 8.09. The van der Waals surface area contributed by atoms with Crippen LogP contribution in [0.1, 0.15) is 90.0 Å². The molecule has 1 N–H and O–H groups in total. The summed E-state index contributed by atoms with van der Waals surface area (Å²) in [4.78, 5) is 13.8. The van der Waals surface area contributed by atoms with Gasteiger partial charge in [0.1, 0.15) is 11.7 Å². The molecule has 0 aliphatic heterocycles. The van der Waals surface area contributed by atoms with Crippen LogP contribution in [0.2, 0.25) is 0 Å². The minimum absolute atomic E-state index is 0.0104. The average molecular weight is 477 g/mol. The second kappa shape index (κ2) is 8.62. The van der Waals surface area contributed by atoms with Gasteiger partial charge in [0.05, 0.1) is 5.57 Å². The van der Waals surface area contributed by atoms with Crippen LogP contribution in [0.5, 0.6) is 0 Å². The molecular formula is C34H36O2. The highest BCUT2D eigenvalue weighted by atomic mass is 16.3. The molecule has 184 valence electrons. The van der Waals surface area contributed by atoms with Crippen molar-refractivity contribution in [3.63, 3.8) is 0 Å². The first-order valence-electron chi connectivity index (χ1n) is 13.1. The highest BCUT2D eigenvalue weighted by Gasteiger charge is 2.44. The quantitative estimate of drug-likeness (QED) is 0.319. The van der Waals surface area contributed by atoms with Crippen molar-refractivity contribution in [3.05, 3.63) is 98.8 Å². The van der Waals surface area contributed by atoms with Gasteiger partial charge in [0.2, 0.25) is 0 Å². The standard InChI is InChI=1S/C34H36O2/c1-17(2)23-11-9-19(5)29-25(15-23)21(7)13-27(29)31-33(35)32(34(31)36)28-14-22(8)26-16-24(18(3)4)12-10-20(6)30(26)28/h9-18,31,35H,1-8H3/t31-/m0/s1. The van der Waals surface area contributed by atoms with Gasteiger partial charge in [-0.15, -0.1) is 0 Å². The van der Waals surface area contributed by atoms with Gasteiger partial charge in [-0.1, -0.05) is 70.2 Å². The normalized spacial score (nSPS) is 16.1. The lowest BCUT2D eigenvalue weighted by molar-refractivity contribution is -0.116. The molecule has 5 aliphatic carbocycles. The van der Waals surface area contributed by atoms with Gasteiger partial charge in [-0.2, -0.15) is 0 Å². The molecule has 0 aromatic rings. The number of hydrogen-bond acceptors (Lipinski definition) is 2. The van der Waals surface area contributed by atoms with Gasteiger partial charge in [-0.05, 0) is 112 Å². The Hall–Kier alpha value is -3.39. The molecule has 0 spiro atoms. The van der Waals surface area contributed by atoms with Crippen LogP contribution in [0.4, 0.5) is 0 Å². The van der Waals surface area contributed by atoms with Gasteiger partial charge in [0.25, 0.3) is 0 Å². The molecule has 36 heavy (non-hydrogen) atoms. The summed E-state index contributed by atoms with van der Waals surface area (Å²) >= 11 is 0. The lowest BCUT2D eigenvalue weighted by Gasteiger charge is -2.29. The number of aliphatic hydroxyl groups is 1. The molecule has 0 saturated heterocycles. The number of ketones is 1. The van der Waals surface area contributed by atoms with Crippen molar-refractivity contribution in [1.82, 2.24) is 0 Å². The molecule has 0 radical (unpaired) electrons. The summed E-state index contributed by atoms with van der Waals surface area (Å²) in [5.74, 6) is 0.432. The van der Waals surface area contributed by atoms with E-state index in [-0.39, 0.29) is 11.5 Å². The fourth-order valence-corrected chi connectivity index (χ4v) is 5.88. The van der Waals surface area contributed by atoms with Gasteiger partial charge >= 0.3 is 0 Å². The minimum atomic E-state index is -0.603. The molecule has 0 unspecified atom stereocenters. The Morgan fingerprint density at radius 1 is 0.639 bits per heavy atom. The zero-order valence-electron chi connectivity index (χ0n) is 22.7. The molecule has 0 heterocycles. The first-order chi connectivity index (χ1) is 17.0. The third kappa shape index (κ3) is 3.58. The number of fused-ring (bicyclic) bond motifs is 2. The molecule has 0 bridgehead atoms. The van der Waals surface area contributed by atoms with E-state index >= 15 is 0 Å². The molecule has 0 amide bonds. The van der Waals surface area contributed by atoms with Gasteiger partial charge in [-0.25, -0.2) is 0 Å². The zero-order valence-corrected chi connectivity index (χ0v) is 22.7. The van der Waals surface area contributed by atoms with Crippen LogP contribution in [-0.2, 0) is 4.79 Å². The molecule has 0 aromatic heterocycles. The summed E-state index contributed by atoms with van der Waals surface area (Å²) in [5.41, 5.74) is 13.8. The minimum Gasteiger partial charge on any atom is -0.510 e. The fourth-order valence-electron chi connectivity index (χ4n) is 5.88. The Balaban J connectivity index is 1.65. The summed E-state index contributed by atoms with van der Waals surface area (Å²) in [6.45, 7) is 17.2. The number of hydrogen-bond donors (Lipinski definition) is 1. The Bertz CT molecular complexity index is 1500. The van der Waals surface area contributed by atoms with Gasteiger partial charge in [-0.3, -0.25) is 4.79 Å². The maximum Gasteiger partial charge on any atom is 0.181 e. The monoisotopic (exact) mass is 476 g/mol. The van der Waals surface area contributed by atoms with Crippen LogP contribution >= 0.6 is 0 Å². The second-order valence-corrected chi connectivity index (χ2v) is 11.3. The van der Waals surface area contributed by atoms with Gasteiger partial charge in [0.15, 0.2) is 5.78 Å².